The van der Waals surface area contributed by atoms with Crippen molar-refractivity contribution in [2.45, 2.75) is 13.0 Å². The minimum atomic E-state index is -0.380. The van der Waals surface area contributed by atoms with Crippen molar-refractivity contribution in [3.05, 3.63) is 52.4 Å². The molecular formula is C16H16BrFN2O2S. The zero-order valence-corrected chi connectivity index (χ0v) is 15.1. The predicted octanol–water partition coefficient (Wildman–Crippen LogP) is 4.26. The Bertz CT molecular complexity index is 700. The van der Waals surface area contributed by atoms with Crippen LogP contribution >= 0.6 is 27.7 Å². The number of benzene rings is 1. The highest BCUT2D eigenvalue weighted by molar-refractivity contribution is 9.10. The van der Waals surface area contributed by atoms with E-state index in [9.17, 15) is 9.18 Å². The molecule has 0 radical (unpaired) electrons. The second kappa shape index (κ2) is 8.31. The average molecular weight is 399 g/mol. The number of hydrogen-bond donors (Lipinski definition) is 1. The number of pyridine rings is 1. The number of amides is 1. The summed E-state index contributed by atoms with van der Waals surface area (Å²) in [6.07, 6.45) is 3.52. The normalized spacial score (nSPS) is 11.8. The lowest BCUT2D eigenvalue weighted by atomic mass is 10.2. The Morgan fingerprint density at radius 3 is 2.96 bits per heavy atom. The van der Waals surface area contributed by atoms with Gasteiger partial charge in [-0.1, -0.05) is 0 Å². The van der Waals surface area contributed by atoms with Gasteiger partial charge in [0.05, 0.1) is 4.47 Å². The summed E-state index contributed by atoms with van der Waals surface area (Å²) in [7, 11) is 0. The third-order valence-electron chi connectivity index (χ3n) is 2.91. The smallest absolute Gasteiger partial charge is 0.257 e. The lowest BCUT2D eigenvalue weighted by molar-refractivity contribution is 0.0941. The average Bonchev–Trinajstić information content (AvgIpc) is 2.50. The second-order valence-electron chi connectivity index (χ2n) is 4.86. The van der Waals surface area contributed by atoms with E-state index in [0.29, 0.717) is 15.8 Å². The Morgan fingerprint density at radius 2 is 2.26 bits per heavy atom. The molecule has 0 saturated carbocycles. The molecule has 7 heteroatoms. The van der Waals surface area contributed by atoms with Gasteiger partial charge in [0.1, 0.15) is 17.1 Å². The quantitative estimate of drug-likeness (QED) is 0.789. The first-order chi connectivity index (χ1) is 11.0. The van der Waals surface area contributed by atoms with Crippen LogP contribution in [0, 0.1) is 5.82 Å². The van der Waals surface area contributed by atoms with Gasteiger partial charge in [-0.3, -0.25) is 4.79 Å². The fraction of sp³-hybridized carbons (Fsp3) is 0.250. The molecular weight excluding hydrogens is 383 g/mol. The van der Waals surface area contributed by atoms with Gasteiger partial charge in [0, 0.05) is 18.0 Å². The lowest BCUT2D eigenvalue weighted by Crippen LogP contribution is -2.34. The molecule has 0 fully saturated rings. The first-order valence-electron chi connectivity index (χ1n) is 6.89. The van der Waals surface area contributed by atoms with E-state index in [-0.39, 0.29) is 23.6 Å². The van der Waals surface area contributed by atoms with E-state index in [1.807, 2.05) is 13.2 Å². The number of carbonyl (C=O) groups excluding carboxylic acids is 1. The van der Waals surface area contributed by atoms with E-state index in [1.54, 1.807) is 23.9 Å². The van der Waals surface area contributed by atoms with Crippen LogP contribution in [-0.4, -0.2) is 28.9 Å². The van der Waals surface area contributed by atoms with Gasteiger partial charge in [-0.15, -0.1) is 0 Å². The topological polar surface area (TPSA) is 51.2 Å². The van der Waals surface area contributed by atoms with Crippen molar-refractivity contribution in [1.82, 2.24) is 10.3 Å². The molecule has 0 spiro atoms. The molecule has 0 aliphatic carbocycles. The number of halogens is 2. The fourth-order valence-corrected chi connectivity index (χ4v) is 2.92. The lowest BCUT2D eigenvalue weighted by Gasteiger charge is -2.14. The third-order valence-corrected chi connectivity index (χ3v) is 4.36. The maximum atomic E-state index is 13.1. The summed E-state index contributed by atoms with van der Waals surface area (Å²) < 4.78 is 19.3. The molecule has 0 unspecified atom stereocenters. The van der Waals surface area contributed by atoms with Crippen LogP contribution < -0.4 is 10.1 Å². The van der Waals surface area contributed by atoms with Gasteiger partial charge in [-0.05, 0) is 59.4 Å². The molecule has 0 bridgehead atoms. The first-order valence-corrected chi connectivity index (χ1v) is 9.07. The molecule has 0 aliphatic heterocycles. The molecule has 122 valence electrons. The highest BCUT2D eigenvalue weighted by atomic mass is 79.9. The maximum absolute atomic E-state index is 13.1. The predicted molar refractivity (Wildman–Crippen MR) is 93.7 cm³/mol. The Morgan fingerprint density at radius 1 is 1.48 bits per heavy atom. The van der Waals surface area contributed by atoms with Crippen molar-refractivity contribution in [3.63, 3.8) is 0 Å². The van der Waals surface area contributed by atoms with Gasteiger partial charge in [-0.2, -0.15) is 11.8 Å². The Labute approximate surface area is 147 Å². The largest absolute Gasteiger partial charge is 0.437 e. The highest BCUT2D eigenvalue weighted by Gasteiger charge is 2.17. The van der Waals surface area contributed by atoms with Crippen LogP contribution in [0.25, 0.3) is 0 Å². The molecule has 2 rings (SSSR count). The molecule has 1 aromatic heterocycles. The van der Waals surface area contributed by atoms with Crippen LogP contribution in [0.15, 0.2) is 41.0 Å². The Hall–Kier alpha value is -1.60. The van der Waals surface area contributed by atoms with E-state index in [4.69, 9.17) is 4.74 Å². The summed E-state index contributed by atoms with van der Waals surface area (Å²) in [5.41, 5.74) is 0.330. The van der Waals surface area contributed by atoms with E-state index < -0.39 is 0 Å². The van der Waals surface area contributed by atoms with Crippen molar-refractivity contribution in [3.8, 4) is 11.6 Å². The van der Waals surface area contributed by atoms with Gasteiger partial charge in [0.25, 0.3) is 5.91 Å². The van der Waals surface area contributed by atoms with Crippen LogP contribution in [-0.2, 0) is 0 Å². The number of nitrogens with zero attached hydrogens (tertiary/aromatic N) is 1. The highest BCUT2D eigenvalue weighted by Crippen LogP contribution is 2.30. The van der Waals surface area contributed by atoms with Crippen molar-refractivity contribution in [1.29, 1.82) is 0 Å². The molecule has 1 heterocycles. The molecule has 1 atom stereocenters. The van der Waals surface area contributed by atoms with Crippen LogP contribution in [0.1, 0.15) is 17.3 Å². The SMILES string of the molecule is CSC[C@H](C)NC(=O)c1cccnc1Oc1ccc(F)cc1Br. The van der Waals surface area contributed by atoms with Gasteiger partial charge in [0.15, 0.2) is 0 Å². The molecule has 0 saturated heterocycles. The van der Waals surface area contributed by atoms with E-state index in [0.717, 1.165) is 5.75 Å². The maximum Gasteiger partial charge on any atom is 0.257 e. The fourth-order valence-electron chi connectivity index (χ4n) is 1.90. The zero-order valence-electron chi connectivity index (χ0n) is 12.7. The number of ether oxygens (including phenoxy) is 1. The van der Waals surface area contributed by atoms with E-state index in [2.05, 4.69) is 26.2 Å². The molecule has 1 amide bonds. The van der Waals surface area contributed by atoms with Crippen molar-refractivity contribution >= 4 is 33.6 Å². The molecule has 4 nitrogen and oxygen atoms in total. The molecule has 1 aromatic carbocycles. The number of aromatic nitrogens is 1. The third kappa shape index (κ3) is 4.94. The standard InChI is InChI=1S/C16H16BrFN2O2S/c1-10(9-23-2)20-15(21)12-4-3-7-19-16(12)22-14-6-5-11(18)8-13(14)17/h3-8,10H,9H2,1-2H3,(H,20,21)/t10-/m0/s1. The summed E-state index contributed by atoms with van der Waals surface area (Å²) in [6.45, 7) is 1.93. The minimum Gasteiger partial charge on any atom is -0.437 e. The summed E-state index contributed by atoms with van der Waals surface area (Å²) in [5.74, 6) is 0.734. The summed E-state index contributed by atoms with van der Waals surface area (Å²) in [5, 5.41) is 2.90. The number of rotatable bonds is 6. The zero-order chi connectivity index (χ0) is 16.8. The van der Waals surface area contributed by atoms with E-state index in [1.165, 1.54) is 24.4 Å². The molecule has 1 N–H and O–H groups in total. The van der Waals surface area contributed by atoms with Gasteiger partial charge in [-0.25, -0.2) is 9.37 Å². The van der Waals surface area contributed by atoms with Gasteiger partial charge < -0.3 is 10.1 Å². The van der Waals surface area contributed by atoms with Crippen LogP contribution in [0.3, 0.4) is 0 Å². The Kier molecular flexibility index (Phi) is 6.41. The molecule has 23 heavy (non-hydrogen) atoms. The summed E-state index contributed by atoms with van der Waals surface area (Å²) >= 11 is 4.88. The van der Waals surface area contributed by atoms with Crippen LogP contribution in [0.2, 0.25) is 0 Å². The minimum absolute atomic E-state index is 0.0307. The van der Waals surface area contributed by atoms with E-state index >= 15 is 0 Å². The number of carbonyl (C=O) groups is 1. The summed E-state index contributed by atoms with van der Waals surface area (Å²) in [4.78, 5) is 16.5. The van der Waals surface area contributed by atoms with Gasteiger partial charge >= 0.3 is 0 Å². The van der Waals surface area contributed by atoms with Crippen LogP contribution in [0.5, 0.6) is 11.6 Å². The van der Waals surface area contributed by atoms with Crippen LogP contribution in [0.4, 0.5) is 4.39 Å². The summed E-state index contributed by atoms with van der Waals surface area (Å²) in [6, 6.07) is 7.39. The molecule has 2 aromatic rings. The van der Waals surface area contributed by atoms with Crippen molar-refractivity contribution in [2.24, 2.45) is 0 Å². The number of thioether (sulfide) groups is 1. The number of hydrogen-bond acceptors (Lipinski definition) is 4. The van der Waals surface area contributed by atoms with Gasteiger partial charge in [0.2, 0.25) is 5.88 Å². The van der Waals surface area contributed by atoms with Crippen molar-refractivity contribution in [2.75, 3.05) is 12.0 Å². The molecule has 0 aliphatic rings. The number of nitrogens with one attached hydrogen (secondary N) is 1. The van der Waals surface area contributed by atoms with Crippen molar-refractivity contribution < 1.29 is 13.9 Å². The monoisotopic (exact) mass is 398 g/mol. The second-order valence-corrected chi connectivity index (χ2v) is 6.63. The Balaban J connectivity index is 2.21. The first kappa shape index (κ1) is 17.7.